The molecule has 0 bridgehead atoms. The molecule has 1 aliphatic carbocycles. The summed E-state index contributed by atoms with van der Waals surface area (Å²) < 4.78 is 41.5. The van der Waals surface area contributed by atoms with Crippen molar-refractivity contribution in [3.8, 4) is 0 Å². The van der Waals surface area contributed by atoms with Crippen LogP contribution in [0.4, 0.5) is 19.0 Å². The van der Waals surface area contributed by atoms with Gasteiger partial charge in [0.1, 0.15) is 12.4 Å². The van der Waals surface area contributed by atoms with E-state index in [1.165, 1.54) is 19.2 Å². The van der Waals surface area contributed by atoms with E-state index in [9.17, 15) is 22.8 Å². The van der Waals surface area contributed by atoms with Crippen molar-refractivity contribution >= 4 is 17.7 Å². The number of anilines is 1. The molecule has 2 N–H and O–H groups in total. The van der Waals surface area contributed by atoms with Crippen LogP contribution in [-0.4, -0.2) is 43.2 Å². The van der Waals surface area contributed by atoms with Gasteiger partial charge in [-0.1, -0.05) is 0 Å². The maximum Gasteiger partial charge on any atom is 0.405 e. The minimum Gasteiger partial charge on any atom is -0.469 e. The molecule has 0 atom stereocenters. The predicted molar refractivity (Wildman–Crippen MR) is 79.5 cm³/mol. The van der Waals surface area contributed by atoms with Crippen molar-refractivity contribution in [1.82, 2.24) is 10.3 Å². The number of aromatic nitrogens is 1. The number of ether oxygens (including phenoxy) is 1. The number of nitrogens with zero attached hydrogens (tertiary/aromatic N) is 1. The molecule has 1 saturated carbocycles. The number of amides is 1. The molecule has 6 nitrogen and oxygen atoms in total. The summed E-state index contributed by atoms with van der Waals surface area (Å²) in [5.41, 5.74) is -0.0987. The number of rotatable bonds is 6. The van der Waals surface area contributed by atoms with E-state index >= 15 is 0 Å². The van der Waals surface area contributed by atoms with Gasteiger partial charge in [-0.15, -0.1) is 0 Å². The second-order valence-electron chi connectivity index (χ2n) is 5.81. The Balaban J connectivity index is 2.01. The van der Waals surface area contributed by atoms with Gasteiger partial charge in [-0.3, -0.25) is 9.59 Å². The Bertz CT molecular complexity index is 643. The number of esters is 1. The fraction of sp³-hybridized carbons (Fsp3) is 0.533. The fourth-order valence-electron chi connectivity index (χ4n) is 2.25. The van der Waals surface area contributed by atoms with Crippen molar-refractivity contribution in [1.29, 1.82) is 0 Å². The third-order valence-corrected chi connectivity index (χ3v) is 3.74. The molecule has 1 amide bonds. The number of nitrogens with one attached hydrogen (secondary N) is 2. The summed E-state index contributed by atoms with van der Waals surface area (Å²) in [6.45, 7) is 0.466. The van der Waals surface area contributed by atoms with Crippen LogP contribution in [0.2, 0.25) is 0 Å². The molecular formula is C15H18F3N3O3. The van der Waals surface area contributed by atoms with Crippen molar-refractivity contribution in [3.63, 3.8) is 0 Å². The van der Waals surface area contributed by atoms with Crippen molar-refractivity contribution in [3.05, 3.63) is 23.4 Å². The first kappa shape index (κ1) is 18.0. The van der Waals surface area contributed by atoms with Crippen LogP contribution in [0.3, 0.4) is 0 Å². The molecule has 0 saturated heterocycles. The smallest absolute Gasteiger partial charge is 0.405 e. The Labute approximate surface area is 136 Å². The Morgan fingerprint density at radius 1 is 1.33 bits per heavy atom. The Morgan fingerprint density at radius 3 is 2.54 bits per heavy atom. The van der Waals surface area contributed by atoms with E-state index in [2.05, 4.69) is 15.6 Å². The van der Waals surface area contributed by atoms with Gasteiger partial charge < -0.3 is 15.4 Å². The van der Waals surface area contributed by atoms with Crippen LogP contribution in [0, 0.1) is 12.3 Å². The Morgan fingerprint density at radius 2 is 2.00 bits per heavy atom. The van der Waals surface area contributed by atoms with Crippen LogP contribution in [-0.2, 0) is 9.53 Å². The molecule has 1 aromatic heterocycles. The van der Waals surface area contributed by atoms with Crippen molar-refractivity contribution < 1.29 is 27.5 Å². The van der Waals surface area contributed by atoms with Crippen LogP contribution in [0.15, 0.2) is 12.1 Å². The van der Waals surface area contributed by atoms with Crippen LogP contribution < -0.4 is 10.6 Å². The standard InChI is InChI=1S/C15H18F3N3O3/c1-9-5-10(6-11(21-9)19-8-15(16,17)18)12(22)20-7-14(3-4-14)13(23)24-2/h5-6H,3-4,7-8H2,1-2H3,(H,19,21)(H,20,22). The average molecular weight is 345 g/mol. The van der Waals surface area contributed by atoms with Crippen molar-refractivity contribution in [2.24, 2.45) is 5.41 Å². The van der Waals surface area contributed by atoms with Crippen molar-refractivity contribution in [2.45, 2.75) is 25.9 Å². The third kappa shape index (κ3) is 4.59. The van der Waals surface area contributed by atoms with Crippen LogP contribution >= 0.6 is 0 Å². The minimum atomic E-state index is -4.38. The molecular weight excluding hydrogens is 327 g/mol. The van der Waals surface area contributed by atoms with E-state index in [-0.39, 0.29) is 23.9 Å². The normalized spacial score (nSPS) is 15.5. The molecule has 2 rings (SSSR count). The molecule has 9 heteroatoms. The largest absolute Gasteiger partial charge is 0.469 e. The third-order valence-electron chi connectivity index (χ3n) is 3.74. The molecule has 0 spiro atoms. The molecule has 24 heavy (non-hydrogen) atoms. The topological polar surface area (TPSA) is 80.3 Å². The summed E-state index contributed by atoms with van der Waals surface area (Å²) in [6.07, 6.45) is -3.12. The zero-order chi connectivity index (χ0) is 18.0. The van der Waals surface area contributed by atoms with Gasteiger partial charge in [-0.2, -0.15) is 13.2 Å². The molecule has 0 unspecified atom stereocenters. The number of alkyl halides is 3. The number of aryl methyl sites for hydroxylation is 1. The molecule has 0 aromatic carbocycles. The summed E-state index contributed by atoms with van der Waals surface area (Å²) >= 11 is 0. The van der Waals surface area contributed by atoms with Gasteiger partial charge in [-0.25, -0.2) is 4.98 Å². The second kappa shape index (κ2) is 6.66. The average Bonchev–Trinajstić information content (AvgIpc) is 3.30. The number of pyridine rings is 1. The number of carbonyl (C=O) groups excluding carboxylic acids is 2. The van der Waals surface area contributed by atoms with Gasteiger partial charge in [0.25, 0.3) is 5.91 Å². The SMILES string of the molecule is COC(=O)C1(CNC(=O)c2cc(C)nc(NCC(F)(F)F)c2)CC1. The first-order valence-electron chi connectivity index (χ1n) is 7.31. The lowest BCUT2D eigenvalue weighted by atomic mass is 10.1. The number of hydrogen-bond donors (Lipinski definition) is 2. The highest BCUT2D eigenvalue weighted by atomic mass is 19.4. The van der Waals surface area contributed by atoms with Crippen molar-refractivity contribution in [2.75, 3.05) is 25.5 Å². The molecule has 132 valence electrons. The quantitative estimate of drug-likeness (QED) is 0.772. The lowest BCUT2D eigenvalue weighted by Gasteiger charge is -2.14. The number of methoxy groups -OCH3 is 1. The van der Waals surface area contributed by atoms with E-state index < -0.39 is 24.0 Å². The minimum absolute atomic E-state index is 0.0356. The van der Waals surface area contributed by atoms with E-state index in [1.54, 1.807) is 6.92 Å². The summed E-state index contributed by atoms with van der Waals surface area (Å²) in [7, 11) is 1.29. The molecule has 1 fully saturated rings. The zero-order valence-electron chi connectivity index (χ0n) is 13.3. The maximum atomic E-state index is 12.3. The summed E-state index contributed by atoms with van der Waals surface area (Å²) in [5.74, 6) is -0.890. The lowest BCUT2D eigenvalue weighted by molar-refractivity contribution is -0.146. The molecule has 1 aromatic rings. The van der Waals surface area contributed by atoms with E-state index in [0.717, 1.165) is 0 Å². The van der Waals surface area contributed by atoms with Gasteiger partial charge in [0.2, 0.25) is 0 Å². The fourth-order valence-corrected chi connectivity index (χ4v) is 2.25. The monoisotopic (exact) mass is 345 g/mol. The van der Waals surface area contributed by atoms with Gasteiger partial charge in [0, 0.05) is 17.8 Å². The van der Waals surface area contributed by atoms with Gasteiger partial charge in [-0.05, 0) is 31.9 Å². The Hall–Kier alpha value is -2.32. The van der Waals surface area contributed by atoms with Crippen LogP contribution in [0.25, 0.3) is 0 Å². The second-order valence-corrected chi connectivity index (χ2v) is 5.81. The number of hydrogen-bond acceptors (Lipinski definition) is 5. The van der Waals surface area contributed by atoms with Gasteiger partial charge in [0.15, 0.2) is 0 Å². The molecule has 1 aliphatic rings. The maximum absolute atomic E-state index is 12.3. The highest BCUT2D eigenvalue weighted by molar-refractivity contribution is 5.95. The summed E-state index contributed by atoms with van der Waals surface area (Å²) in [6, 6.07) is 2.71. The molecule has 0 aliphatic heterocycles. The highest BCUT2D eigenvalue weighted by Gasteiger charge is 2.51. The lowest BCUT2D eigenvalue weighted by Crippen LogP contribution is -2.35. The van der Waals surface area contributed by atoms with E-state index in [1.807, 2.05) is 0 Å². The first-order valence-corrected chi connectivity index (χ1v) is 7.31. The molecule has 0 radical (unpaired) electrons. The summed E-state index contributed by atoms with van der Waals surface area (Å²) in [5, 5.41) is 4.77. The predicted octanol–water partition coefficient (Wildman–Crippen LogP) is 2.05. The Kier molecular flexibility index (Phi) is 5.00. The molecule has 1 heterocycles. The van der Waals surface area contributed by atoms with E-state index in [0.29, 0.717) is 18.5 Å². The zero-order valence-corrected chi connectivity index (χ0v) is 13.3. The van der Waals surface area contributed by atoms with E-state index in [4.69, 9.17) is 4.74 Å². The highest BCUT2D eigenvalue weighted by Crippen LogP contribution is 2.46. The van der Waals surface area contributed by atoms with Crippen LogP contribution in [0.5, 0.6) is 0 Å². The van der Waals surface area contributed by atoms with Gasteiger partial charge in [0.05, 0.1) is 12.5 Å². The van der Waals surface area contributed by atoms with Gasteiger partial charge >= 0.3 is 12.1 Å². The number of carbonyl (C=O) groups is 2. The first-order chi connectivity index (χ1) is 11.1. The van der Waals surface area contributed by atoms with Crippen LogP contribution in [0.1, 0.15) is 28.9 Å². The summed E-state index contributed by atoms with van der Waals surface area (Å²) in [4.78, 5) is 27.7. The number of halogens is 3.